The lowest BCUT2D eigenvalue weighted by Crippen LogP contribution is -2.57. The first kappa shape index (κ1) is 30.3. The van der Waals surface area contributed by atoms with Crippen molar-refractivity contribution in [2.75, 3.05) is 6.54 Å². The van der Waals surface area contributed by atoms with Crippen molar-refractivity contribution in [1.82, 2.24) is 19.8 Å². The number of nitrogens with zero attached hydrogens (tertiary/aromatic N) is 5. The van der Waals surface area contributed by atoms with Gasteiger partial charge in [-0.1, -0.05) is 24.3 Å². The molecule has 2 aliphatic heterocycles. The number of alkyl halides is 3. The summed E-state index contributed by atoms with van der Waals surface area (Å²) in [6.07, 6.45) is -4.20. The number of amides is 2. The third-order valence-corrected chi connectivity index (χ3v) is 8.10. The molecule has 3 heterocycles. The van der Waals surface area contributed by atoms with Crippen LogP contribution in [-0.2, 0) is 33.5 Å². The number of benzene rings is 2. The molecule has 0 aliphatic carbocycles. The predicted molar refractivity (Wildman–Crippen MR) is 142 cm³/mol. The van der Waals surface area contributed by atoms with Gasteiger partial charge in [-0.25, -0.2) is 9.55 Å². The second-order valence-electron chi connectivity index (χ2n) is 10.5. The Bertz CT molecular complexity index is 1690. The van der Waals surface area contributed by atoms with E-state index in [1.165, 1.54) is 29.7 Å². The third-order valence-electron chi connectivity index (χ3n) is 8.10. The number of non-ortho nitro benzene ring substituents is 1. The zero-order valence-corrected chi connectivity index (χ0v) is 22.7. The van der Waals surface area contributed by atoms with E-state index in [-0.39, 0.29) is 29.2 Å². The van der Waals surface area contributed by atoms with Crippen molar-refractivity contribution in [2.45, 2.75) is 37.6 Å². The van der Waals surface area contributed by atoms with E-state index in [1.54, 1.807) is 0 Å². The highest BCUT2D eigenvalue weighted by molar-refractivity contribution is 6.09. The van der Waals surface area contributed by atoms with Crippen LogP contribution in [0, 0.1) is 39.0 Å². The number of nitrogens with one attached hydrogen (secondary N) is 1. The molecule has 14 nitrogen and oxygen atoms in total. The maximum absolute atomic E-state index is 13.9. The highest BCUT2D eigenvalue weighted by Gasteiger charge is 2.68. The van der Waals surface area contributed by atoms with Crippen LogP contribution in [-0.4, -0.2) is 59.3 Å². The fourth-order valence-corrected chi connectivity index (χ4v) is 6.05. The monoisotopic (exact) mass is 616 g/mol. The van der Waals surface area contributed by atoms with Gasteiger partial charge in [-0.3, -0.25) is 34.7 Å². The van der Waals surface area contributed by atoms with Gasteiger partial charge >= 0.3 is 18.0 Å². The average molecular weight is 617 g/mol. The van der Waals surface area contributed by atoms with Crippen LogP contribution in [0.1, 0.15) is 28.6 Å². The number of rotatable bonds is 9. The van der Waals surface area contributed by atoms with E-state index in [0.717, 1.165) is 41.4 Å². The number of aliphatic carboxylic acids is 1. The van der Waals surface area contributed by atoms with Gasteiger partial charge in [-0.15, -0.1) is 0 Å². The molecule has 230 valence electrons. The second-order valence-corrected chi connectivity index (χ2v) is 10.5. The molecule has 2 N–H and O–H groups in total. The first-order valence-electron chi connectivity index (χ1n) is 13.1. The lowest BCUT2D eigenvalue weighted by Gasteiger charge is -2.31. The van der Waals surface area contributed by atoms with E-state index >= 15 is 0 Å². The van der Waals surface area contributed by atoms with Gasteiger partial charge in [0.1, 0.15) is 18.3 Å². The van der Waals surface area contributed by atoms with Crippen molar-refractivity contribution in [3.63, 3.8) is 0 Å². The molecular formula is C27H23F3N6O8. The number of aryl methyl sites for hydroxylation is 1. The Balaban J connectivity index is 1.57. The van der Waals surface area contributed by atoms with Gasteiger partial charge in [0.15, 0.2) is 5.82 Å². The van der Waals surface area contributed by atoms with E-state index in [4.69, 9.17) is 0 Å². The number of halogens is 3. The molecule has 17 heteroatoms. The molecule has 44 heavy (non-hydrogen) atoms. The molecule has 0 saturated carbocycles. The van der Waals surface area contributed by atoms with Crippen molar-refractivity contribution in [1.29, 1.82) is 0 Å². The fraction of sp³-hybridized carbons (Fsp3) is 0.333. The fourth-order valence-electron chi connectivity index (χ4n) is 6.05. The lowest BCUT2D eigenvalue weighted by atomic mass is 9.76. The molecule has 2 fully saturated rings. The summed E-state index contributed by atoms with van der Waals surface area (Å²) in [5.74, 6) is -6.57. The number of hydrogen-bond acceptors (Lipinski definition) is 9. The van der Waals surface area contributed by atoms with Crippen LogP contribution in [0.3, 0.4) is 0 Å². The van der Waals surface area contributed by atoms with Crippen molar-refractivity contribution < 1.29 is 42.5 Å². The standard InChI is InChI=1S/C27H23F3N6O8/c1-14-31-13-19(36(43)44)33(14)9-10-34-23(37)20-21(24(34)38)26(25(39)40,12-15-5-7-18(8-6-15)35(41)42)32-22(20)16-3-2-4-17(11-16)27(28,29)30/h2-8,11,13,20-22,32H,9-10,12H2,1H3,(H,39,40). The summed E-state index contributed by atoms with van der Waals surface area (Å²) in [6, 6.07) is 7.48. The molecule has 2 amide bonds. The smallest absolute Gasteiger partial charge is 0.416 e. The summed E-state index contributed by atoms with van der Waals surface area (Å²) in [5.41, 5.74) is -3.37. The SMILES string of the molecule is Cc1ncc([N+](=O)[O-])n1CCN1C(=O)C2C(c3cccc(C(F)(F)F)c3)NC(Cc3ccc([N+](=O)[O-])cc3)(C(=O)O)C2C1=O. The Morgan fingerprint density at radius 1 is 1.07 bits per heavy atom. The molecule has 4 unspecified atom stereocenters. The number of nitro benzene ring substituents is 1. The Morgan fingerprint density at radius 3 is 2.34 bits per heavy atom. The van der Waals surface area contributed by atoms with Gasteiger partial charge in [-0.2, -0.15) is 13.2 Å². The average Bonchev–Trinajstić information content (AvgIpc) is 3.58. The molecule has 2 saturated heterocycles. The quantitative estimate of drug-likeness (QED) is 0.205. The molecule has 2 aliphatic rings. The maximum Gasteiger partial charge on any atom is 0.416 e. The molecular weight excluding hydrogens is 593 g/mol. The van der Waals surface area contributed by atoms with Gasteiger partial charge in [-0.05, 0) is 28.2 Å². The number of aromatic nitrogens is 2. The number of imide groups is 1. The molecule has 0 spiro atoms. The number of likely N-dealkylation sites (tertiary alicyclic amines) is 1. The number of carboxylic acid groups (broad SMARTS) is 1. The number of nitro groups is 2. The summed E-state index contributed by atoms with van der Waals surface area (Å²) >= 11 is 0. The second kappa shape index (κ2) is 10.8. The molecule has 1 aromatic heterocycles. The van der Waals surface area contributed by atoms with Gasteiger partial charge in [0.2, 0.25) is 11.8 Å². The topological polar surface area (TPSA) is 191 Å². The van der Waals surface area contributed by atoms with E-state index in [1.807, 2.05) is 0 Å². The van der Waals surface area contributed by atoms with Crippen molar-refractivity contribution in [3.05, 3.63) is 97.5 Å². The number of carbonyl (C=O) groups excluding carboxylic acids is 2. The van der Waals surface area contributed by atoms with Crippen molar-refractivity contribution in [2.24, 2.45) is 11.8 Å². The van der Waals surface area contributed by atoms with Crippen LogP contribution in [0.4, 0.5) is 24.7 Å². The van der Waals surface area contributed by atoms with Crippen molar-refractivity contribution in [3.8, 4) is 0 Å². The normalized spacial score (nSPS) is 23.2. The summed E-state index contributed by atoms with van der Waals surface area (Å²) in [6.45, 7) is 0.830. The highest BCUT2D eigenvalue weighted by Crippen LogP contribution is 2.50. The molecule has 3 aromatic rings. The first-order valence-corrected chi connectivity index (χ1v) is 13.1. The van der Waals surface area contributed by atoms with Gasteiger partial charge < -0.3 is 15.2 Å². The van der Waals surface area contributed by atoms with Gasteiger partial charge in [0.05, 0.1) is 28.9 Å². The third kappa shape index (κ3) is 5.04. The van der Waals surface area contributed by atoms with Crippen molar-refractivity contribution >= 4 is 29.3 Å². The zero-order chi connectivity index (χ0) is 32.1. The molecule has 2 aromatic carbocycles. The highest BCUT2D eigenvalue weighted by atomic mass is 19.4. The minimum atomic E-state index is -4.75. The number of hydrogen-bond donors (Lipinski definition) is 2. The predicted octanol–water partition coefficient (Wildman–Crippen LogP) is 3.04. The Hall–Kier alpha value is -5.19. The summed E-state index contributed by atoms with van der Waals surface area (Å²) in [4.78, 5) is 66.5. The van der Waals surface area contributed by atoms with Gasteiger partial charge in [0, 0.05) is 31.5 Å². The summed E-state index contributed by atoms with van der Waals surface area (Å²) < 4.78 is 41.9. The van der Waals surface area contributed by atoms with Crippen LogP contribution >= 0.6 is 0 Å². The lowest BCUT2D eigenvalue weighted by molar-refractivity contribution is -0.392. The maximum atomic E-state index is 13.9. The summed E-state index contributed by atoms with van der Waals surface area (Å²) in [5, 5.41) is 35.9. The Kier molecular flexibility index (Phi) is 7.44. The van der Waals surface area contributed by atoms with E-state index in [2.05, 4.69) is 10.3 Å². The minimum Gasteiger partial charge on any atom is -0.480 e. The van der Waals surface area contributed by atoms with E-state index in [9.17, 15) is 52.9 Å². The van der Waals surface area contributed by atoms with E-state index in [0.29, 0.717) is 0 Å². The Labute approximate surface area is 245 Å². The number of carboxylic acids is 1. The van der Waals surface area contributed by atoms with Crippen LogP contribution in [0.25, 0.3) is 0 Å². The van der Waals surface area contributed by atoms with E-state index < -0.39 is 81.6 Å². The number of imidazole rings is 1. The molecule has 5 rings (SSSR count). The van der Waals surface area contributed by atoms with Crippen LogP contribution in [0.2, 0.25) is 0 Å². The number of fused-ring (bicyclic) bond motifs is 1. The van der Waals surface area contributed by atoms with Crippen LogP contribution < -0.4 is 5.32 Å². The van der Waals surface area contributed by atoms with Gasteiger partial charge in [0.25, 0.3) is 5.69 Å². The minimum absolute atomic E-state index is 0.0780. The zero-order valence-electron chi connectivity index (χ0n) is 22.7. The Morgan fingerprint density at radius 2 is 1.75 bits per heavy atom. The van der Waals surface area contributed by atoms with Crippen LogP contribution in [0.5, 0.6) is 0 Å². The summed E-state index contributed by atoms with van der Waals surface area (Å²) in [7, 11) is 0. The molecule has 0 bridgehead atoms. The van der Waals surface area contributed by atoms with Crippen LogP contribution in [0.15, 0.2) is 54.7 Å². The largest absolute Gasteiger partial charge is 0.480 e. The number of carbonyl (C=O) groups is 3. The first-order chi connectivity index (χ1) is 20.7. The molecule has 0 radical (unpaired) electrons. The molecule has 4 atom stereocenters.